The lowest BCUT2D eigenvalue weighted by molar-refractivity contribution is 0.112. The van der Waals surface area contributed by atoms with Gasteiger partial charge >= 0.3 is 0 Å². The molecule has 0 atom stereocenters. The molecule has 0 aromatic heterocycles. The molecule has 0 N–H and O–H groups in total. The van der Waals surface area contributed by atoms with Crippen LogP contribution in [0.25, 0.3) is 0 Å². The van der Waals surface area contributed by atoms with Crippen LogP contribution in [0.5, 0.6) is 23.0 Å². The number of rotatable bonds is 10. The van der Waals surface area contributed by atoms with E-state index in [1.54, 1.807) is 19.2 Å². The Kier molecular flexibility index (Phi) is 7.52. The van der Waals surface area contributed by atoms with E-state index in [9.17, 15) is 4.79 Å². The number of carbonyl (C=O) groups excluding carboxylic acids is 1. The van der Waals surface area contributed by atoms with Gasteiger partial charge in [0.1, 0.15) is 12.0 Å². The van der Waals surface area contributed by atoms with Crippen molar-refractivity contribution < 1.29 is 19.0 Å². The van der Waals surface area contributed by atoms with E-state index in [0.29, 0.717) is 29.4 Å². The minimum atomic E-state index is 0.487. The van der Waals surface area contributed by atoms with E-state index < -0.39 is 0 Å². The summed E-state index contributed by atoms with van der Waals surface area (Å²) in [4.78, 5) is 11.3. The van der Waals surface area contributed by atoms with Crippen LogP contribution in [0, 0.1) is 13.8 Å². The molecule has 4 heteroatoms. The fourth-order valence-electron chi connectivity index (χ4n) is 2.67. The molecule has 0 unspecified atom stereocenters. The van der Waals surface area contributed by atoms with Gasteiger partial charge in [0.05, 0.1) is 13.7 Å². The van der Waals surface area contributed by atoms with E-state index in [2.05, 4.69) is 6.92 Å². The van der Waals surface area contributed by atoms with Crippen molar-refractivity contribution in [3.63, 3.8) is 0 Å². The quantitative estimate of drug-likeness (QED) is 0.394. The first-order valence-electron chi connectivity index (χ1n) is 9.14. The Labute approximate surface area is 156 Å². The summed E-state index contributed by atoms with van der Waals surface area (Å²) in [5.74, 6) is 2.28. The van der Waals surface area contributed by atoms with Crippen molar-refractivity contribution in [3.8, 4) is 23.0 Å². The van der Waals surface area contributed by atoms with Gasteiger partial charge < -0.3 is 14.2 Å². The van der Waals surface area contributed by atoms with Crippen molar-refractivity contribution in [2.24, 2.45) is 0 Å². The highest BCUT2D eigenvalue weighted by Gasteiger charge is 2.16. The second-order valence-corrected chi connectivity index (χ2v) is 6.45. The third-order valence-electron chi connectivity index (χ3n) is 4.21. The van der Waals surface area contributed by atoms with Crippen molar-refractivity contribution in [2.75, 3.05) is 13.7 Å². The van der Waals surface area contributed by atoms with Crippen molar-refractivity contribution in [1.82, 2.24) is 0 Å². The van der Waals surface area contributed by atoms with E-state index in [1.807, 2.05) is 32.0 Å². The molecule has 2 aromatic rings. The van der Waals surface area contributed by atoms with Crippen molar-refractivity contribution in [1.29, 1.82) is 0 Å². The molecule has 0 bridgehead atoms. The molecule has 0 fully saturated rings. The molecule has 4 nitrogen and oxygen atoms in total. The van der Waals surface area contributed by atoms with Gasteiger partial charge in [-0.05, 0) is 49.6 Å². The van der Waals surface area contributed by atoms with Gasteiger partial charge in [-0.1, -0.05) is 38.3 Å². The first-order valence-corrected chi connectivity index (χ1v) is 9.14. The summed E-state index contributed by atoms with van der Waals surface area (Å²) in [6.07, 6.45) is 5.24. The van der Waals surface area contributed by atoms with Gasteiger partial charge in [0, 0.05) is 5.56 Å². The molecule has 2 aromatic carbocycles. The molecule has 0 heterocycles. The highest BCUT2D eigenvalue weighted by atomic mass is 16.5. The molecule has 0 aliphatic heterocycles. The molecular formula is C22H28O4. The van der Waals surface area contributed by atoms with Crippen LogP contribution >= 0.6 is 0 Å². The lowest BCUT2D eigenvalue weighted by Gasteiger charge is -2.17. The van der Waals surface area contributed by atoms with Crippen LogP contribution in [0.1, 0.15) is 54.1 Å². The number of benzene rings is 2. The van der Waals surface area contributed by atoms with Gasteiger partial charge in [-0.3, -0.25) is 4.79 Å². The van der Waals surface area contributed by atoms with E-state index in [1.165, 1.54) is 12.8 Å². The second-order valence-electron chi connectivity index (χ2n) is 6.45. The molecule has 0 spiro atoms. The minimum absolute atomic E-state index is 0.487. The van der Waals surface area contributed by atoms with Crippen molar-refractivity contribution >= 4 is 6.29 Å². The van der Waals surface area contributed by atoms with Gasteiger partial charge in [-0.15, -0.1) is 0 Å². The Hall–Kier alpha value is -2.49. The summed E-state index contributed by atoms with van der Waals surface area (Å²) in [7, 11) is 1.57. The van der Waals surface area contributed by atoms with Crippen LogP contribution in [0.2, 0.25) is 0 Å². The molecule has 0 aliphatic rings. The van der Waals surface area contributed by atoms with Gasteiger partial charge in [0.25, 0.3) is 0 Å². The van der Waals surface area contributed by atoms with Crippen LogP contribution in [-0.4, -0.2) is 20.0 Å². The molecule has 0 radical (unpaired) electrons. The summed E-state index contributed by atoms with van der Waals surface area (Å²) < 4.78 is 17.5. The van der Waals surface area contributed by atoms with Gasteiger partial charge in [0.15, 0.2) is 11.5 Å². The molecule has 0 saturated heterocycles. The SMILES string of the molecule is CCCCCCOc1c(OC)cc(C=O)cc1Oc1cc(C)ccc1C. The van der Waals surface area contributed by atoms with E-state index in [-0.39, 0.29) is 0 Å². The molecule has 0 aliphatic carbocycles. The number of ether oxygens (including phenoxy) is 3. The monoisotopic (exact) mass is 356 g/mol. The maximum absolute atomic E-state index is 11.3. The number of carbonyl (C=O) groups is 1. The van der Waals surface area contributed by atoms with Gasteiger partial charge in [-0.2, -0.15) is 0 Å². The molecule has 140 valence electrons. The number of unbranched alkanes of at least 4 members (excludes halogenated alkanes) is 3. The van der Waals surface area contributed by atoms with Crippen LogP contribution in [0.15, 0.2) is 30.3 Å². The van der Waals surface area contributed by atoms with E-state index in [0.717, 1.165) is 36.0 Å². The summed E-state index contributed by atoms with van der Waals surface area (Å²) >= 11 is 0. The summed E-state index contributed by atoms with van der Waals surface area (Å²) in [6.45, 7) is 6.76. The number of hydrogen-bond acceptors (Lipinski definition) is 4. The van der Waals surface area contributed by atoms with Crippen molar-refractivity contribution in [2.45, 2.75) is 46.5 Å². The predicted molar refractivity (Wildman–Crippen MR) is 104 cm³/mol. The highest BCUT2D eigenvalue weighted by Crippen LogP contribution is 2.41. The molecule has 0 saturated carbocycles. The highest BCUT2D eigenvalue weighted by molar-refractivity contribution is 5.78. The smallest absolute Gasteiger partial charge is 0.204 e. The summed E-state index contributed by atoms with van der Waals surface area (Å²) in [5, 5.41) is 0. The Bertz CT molecular complexity index is 737. The lowest BCUT2D eigenvalue weighted by Crippen LogP contribution is -2.03. The lowest BCUT2D eigenvalue weighted by atomic mass is 10.1. The number of methoxy groups -OCH3 is 1. The fraction of sp³-hybridized carbons (Fsp3) is 0.409. The summed E-state index contributed by atoms with van der Waals surface area (Å²) in [5.41, 5.74) is 2.60. The average molecular weight is 356 g/mol. The van der Waals surface area contributed by atoms with Crippen LogP contribution in [-0.2, 0) is 0 Å². The summed E-state index contributed by atoms with van der Waals surface area (Å²) in [6, 6.07) is 9.38. The maximum Gasteiger partial charge on any atom is 0.204 e. The van der Waals surface area contributed by atoms with Gasteiger partial charge in [-0.25, -0.2) is 0 Å². The molecule has 2 rings (SSSR count). The molecule has 0 amide bonds. The van der Waals surface area contributed by atoms with E-state index >= 15 is 0 Å². The zero-order valence-corrected chi connectivity index (χ0v) is 16.1. The first kappa shape index (κ1) is 19.8. The topological polar surface area (TPSA) is 44.8 Å². The third-order valence-corrected chi connectivity index (χ3v) is 4.21. The standard InChI is InChI=1S/C22H28O4/c1-5-6-7-8-11-25-22-20(24-4)13-18(15-23)14-21(22)26-19-12-16(2)9-10-17(19)3/h9-10,12-15H,5-8,11H2,1-4H3. The number of aldehydes is 1. The first-order chi connectivity index (χ1) is 12.6. The fourth-order valence-corrected chi connectivity index (χ4v) is 2.67. The Morgan fingerprint density at radius 1 is 0.962 bits per heavy atom. The largest absolute Gasteiger partial charge is 0.493 e. The van der Waals surface area contributed by atoms with Crippen molar-refractivity contribution in [3.05, 3.63) is 47.0 Å². The molecular weight excluding hydrogens is 328 g/mol. The second kappa shape index (κ2) is 9.85. The average Bonchev–Trinajstić information content (AvgIpc) is 2.65. The third kappa shape index (κ3) is 5.25. The van der Waals surface area contributed by atoms with E-state index in [4.69, 9.17) is 14.2 Å². The number of aryl methyl sites for hydroxylation is 2. The van der Waals surface area contributed by atoms with Crippen LogP contribution in [0.4, 0.5) is 0 Å². The maximum atomic E-state index is 11.3. The number of hydrogen-bond donors (Lipinski definition) is 0. The Morgan fingerprint density at radius 2 is 1.73 bits per heavy atom. The van der Waals surface area contributed by atoms with Gasteiger partial charge in [0.2, 0.25) is 5.75 Å². The zero-order chi connectivity index (χ0) is 18.9. The Morgan fingerprint density at radius 3 is 2.42 bits per heavy atom. The zero-order valence-electron chi connectivity index (χ0n) is 16.1. The van der Waals surface area contributed by atoms with Crippen LogP contribution in [0.3, 0.4) is 0 Å². The van der Waals surface area contributed by atoms with Crippen LogP contribution < -0.4 is 14.2 Å². The minimum Gasteiger partial charge on any atom is -0.493 e. The molecule has 26 heavy (non-hydrogen) atoms. The Balaban J connectivity index is 2.31. The normalized spacial score (nSPS) is 10.5. The predicted octanol–water partition coefficient (Wildman–Crippen LogP) is 5.88.